The molecule has 1 N–H and O–H groups in total. The first-order valence-corrected chi connectivity index (χ1v) is 5.75. The van der Waals surface area contributed by atoms with Crippen LogP contribution in [0.3, 0.4) is 0 Å². The number of hydrazone groups is 1. The Kier molecular flexibility index (Phi) is 2.26. The Hall–Kier alpha value is -1.68. The van der Waals surface area contributed by atoms with E-state index < -0.39 is 5.60 Å². The summed E-state index contributed by atoms with van der Waals surface area (Å²) in [6.07, 6.45) is 0. The maximum absolute atomic E-state index is 12.2. The van der Waals surface area contributed by atoms with Gasteiger partial charge in [0.05, 0.1) is 12.5 Å². The number of ether oxygens (including phenoxy) is 1. The number of benzene rings is 1. The number of ketones is 1. The zero-order valence-electron chi connectivity index (χ0n) is 9.64. The second-order valence-corrected chi connectivity index (χ2v) is 4.67. The summed E-state index contributed by atoms with van der Waals surface area (Å²) >= 11 is 0. The van der Waals surface area contributed by atoms with Crippen LogP contribution in [0, 0.1) is 0 Å². The molecule has 1 saturated heterocycles. The van der Waals surface area contributed by atoms with E-state index in [-0.39, 0.29) is 11.7 Å². The van der Waals surface area contributed by atoms with Gasteiger partial charge in [0, 0.05) is 6.54 Å². The lowest BCUT2D eigenvalue weighted by Gasteiger charge is -2.12. The fourth-order valence-corrected chi connectivity index (χ4v) is 2.08. The highest BCUT2D eigenvalue weighted by molar-refractivity contribution is 6.45. The van der Waals surface area contributed by atoms with E-state index in [1.54, 1.807) is 0 Å². The molecule has 3 rings (SSSR count). The quantitative estimate of drug-likeness (QED) is 0.791. The lowest BCUT2D eigenvalue weighted by atomic mass is 9.89. The van der Waals surface area contributed by atoms with Crippen LogP contribution in [0.15, 0.2) is 35.4 Å². The van der Waals surface area contributed by atoms with Gasteiger partial charge in [0.1, 0.15) is 5.71 Å². The van der Waals surface area contributed by atoms with E-state index in [9.17, 15) is 4.79 Å². The normalized spacial score (nSPS) is 30.6. The summed E-state index contributed by atoms with van der Waals surface area (Å²) in [5.41, 5.74) is 4.00. The molecule has 0 amide bonds. The number of hydrogen-bond donors (Lipinski definition) is 1. The topological polar surface area (TPSA) is 54.0 Å². The summed E-state index contributed by atoms with van der Waals surface area (Å²) in [6.45, 7) is 3.01. The standard InChI is InChI=1S/C13H14N2O2/c1-13(8-17-13)12(16)11-10(7-14-15-11)9-5-3-2-4-6-9/h2-6,10,14H,7-8H2,1H3/t10-,13-/m1/s1. The first-order chi connectivity index (χ1) is 8.21. The van der Waals surface area contributed by atoms with E-state index in [0.717, 1.165) is 5.56 Å². The molecule has 2 heterocycles. The Bertz CT molecular complexity index is 477. The Morgan fingerprint density at radius 2 is 2.18 bits per heavy atom. The SMILES string of the molecule is C[C@]1(C(=O)C2=NNC[C@@H]2c2ccccc2)CO1. The number of Topliss-reactive ketones (excluding diaryl/α,β-unsaturated/α-hetero) is 1. The first kappa shape index (κ1) is 10.5. The summed E-state index contributed by atoms with van der Waals surface area (Å²) in [7, 11) is 0. The van der Waals surface area contributed by atoms with Crippen LogP contribution in [-0.4, -0.2) is 30.2 Å². The molecular weight excluding hydrogens is 216 g/mol. The Morgan fingerprint density at radius 3 is 2.82 bits per heavy atom. The lowest BCUT2D eigenvalue weighted by molar-refractivity contribution is -0.117. The molecule has 0 radical (unpaired) electrons. The van der Waals surface area contributed by atoms with E-state index in [1.807, 2.05) is 37.3 Å². The van der Waals surface area contributed by atoms with Crippen LogP contribution >= 0.6 is 0 Å². The van der Waals surface area contributed by atoms with E-state index in [4.69, 9.17) is 4.74 Å². The third kappa shape index (κ3) is 1.74. The van der Waals surface area contributed by atoms with Crippen molar-refractivity contribution in [2.45, 2.75) is 18.4 Å². The van der Waals surface area contributed by atoms with Gasteiger partial charge in [0.15, 0.2) is 5.60 Å². The van der Waals surface area contributed by atoms with E-state index in [2.05, 4.69) is 10.5 Å². The molecule has 0 spiro atoms. The molecular formula is C13H14N2O2. The molecule has 2 atom stereocenters. The van der Waals surface area contributed by atoms with Crippen molar-refractivity contribution in [3.63, 3.8) is 0 Å². The van der Waals surface area contributed by atoms with Gasteiger partial charge in [-0.25, -0.2) is 0 Å². The third-order valence-electron chi connectivity index (χ3n) is 3.32. The minimum Gasteiger partial charge on any atom is -0.361 e. The van der Waals surface area contributed by atoms with E-state index >= 15 is 0 Å². The smallest absolute Gasteiger partial charge is 0.213 e. The van der Waals surface area contributed by atoms with Gasteiger partial charge >= 0.3 is 0 Å². The number of carbonyl (C=O) groups is 1. The molecule has 1 aromatic carbocycles. The van der Waals surface area contributed by atoms with Crippen LogP contribution < -0.4 is 5.43 Å². The molecule has 4 nitrogen and oxygen atoms in total. The van der Waals surface area contributed by atoms with E-state index in [0.29, 0.717) is 18.9 Å². The Labute approximate surface area is 99.7 Å². The predicted molar refractivity (Wildman–Crippen MR) is 64.0 cm³/mol. The van der Waals surface area contributed by atoms with Crippen LogP contribution in [0.2, 0.25) is 0 Å². The van der Waals surface area contributed by atoms with Gasteiger partial charge in [0.25, 0.3) is 0 Å². The minimum absolute atomic E-state index is 0.0105. The largest absolute Gasteiger partial charge is 0.361 e. The monoisotopic (exact) mass is 230 g/mol. The van der Waals surface area contributed by atoms with Gasteiger partial charge in [-0.2, -0.15) is 5.10 Å². The number of nitrogens with one attached hydrogen (secondary N) is 1. The average Bonchev–Trinajstić information content (AvgIpc) is 2.95. The maximum atomic E-state index is 12.2. The molecule has 2 aliphatic rings. The minimum atomic E-state index is -0.627. The summed E-state index contributed by atoms with van der Waals surface area (Å²) in [4.78, 5) is 12.2. The highest BCUT2D eigenvalue weighted by atomic mass is 16.6. The van der Waals surface area contributed by atoms with E-state index in [1.165, 1.54) is 0 Å². The second kappa shape index (κ2) is 3.67. The van der Waals surface area contributed by atoms with Crippen LogP contribution in [-0.2, 0) is 9.53 Å². The molecule has 0 aliphatic carbocycles. The van der Waals surface area contributed by atoms with Crippen molar-refractivity contribution < 1.29 is 9.53 Å². The predicted octanol–water partition coefficient (Wildman–Crippen LogP) is 1.09. The van der Waals surface area contributed by atoms with Crippen molar-refractivity contribution >= 4 is 11.5 Å². The summed E-state index contributed by atoms with van der Waals surface area (Å²) < 4.78 is 5.20. The zero-order chi connectivity index (χ0) is 11.9. The van der Waals surface area contributed by atoms with Gasteiger partial charge < -0.3 is 10.2 Å². The van der Waals surface area contributed by atoms with Gasteiger partial charge in [-0.15, -0.1) is 0 Å². The molecule has 0 saturated carbocycles. The Balaban J connectivity index is 1.88. The molecule has 0 aromatic heterocycles. The lowest BCUT2D eigenvalue weighted by Crippen LogP contribution is -2.32. The number of hydrogen-bond acceptors (Lipinski definition) is 4. The van der Waals surface area contributed by atoms with Crippen molar-refractivity contribution in [2.75, 3.05) is 13.2 Å². The molecule has 4 heteroatoms. The Morgan fingerprint density at radius 1 is 1.47 bits per heavy atom. The van der Waals surface area contributed by atoms with Crippen molar-refractivity contribution in [3.8, 4) is 0 Å². The van der Waals surface area contributed by atoms with Crippen LogP contribution in [0.4, 0.5) is 0 Å². The molecule has 88 valence electrons. The second-order valence-electron chi connectivity index (χ2n) is 4.67. The first-order valence-electron chi connectivity index (χ1n) is 5.75. The number of carbonyl (C=O) groups excluding carboxylic acids is 1. The van der Waals surface area contributed by atoms with Crippen molar-refractivity contribution in [1.29, 1.82) is 0 Å². The fourth-order valence-electron chi connectivity index (χ4n) is 2.08. The number of epoxide rings is 1. The fraction of sp³-hybridized carbons (Fsp3) is 0.385. The van der Waals surface area contributed by atoms with Crippen molar-refractivity contribution in [1.82, 2.24) is 5.43 Å². The van der Waals surface area contributed by atoms with Gasteiger partial charge in [-0.1, -0.05) is 30.3 Å². The average molecular weight is 230 g/mol. The van der Waals surface area contributed by atoms with Gasteiger partial charge in [-0.05, 0) is 12.5 Å². The molecule has 0 bridgehead atoms. The molecule has 1 fully saturated rings. The zero-order valence-corrected chi connectivity index (χ0v) is 9.64. The van der Waals surface area contributed by atoms with Crippen LogP contribution in [0.5, 0.6) is 0 Å². The highest BCUT2D eigenvalue weighted by Gasteiger charge is 2.51. The molecule has 0 unspecified atom stereocenters. The van der Waals surface area contributed by atoms with Crippen molar-refractivity contribution in [3.05, 3.63) is 35.9 Å². The molecule has 2 aliphatic heterocycles. The van der Waals surface area contributed by atoms with Gasteiger partial charge in [-0.3, -0.25) is 4.79 Å². The summed E-state index contributed by atoms with van der Waals surface area (Å²) in [6, 6.07) is 9.97. The maximum Gasteiger partial charge on any atom is 0.213 e. The molecule has 17 heavy (non-hydrogen) atoms. The third-order valence-corrected chi connectivity index (χ3v) is 3.32. The van der Waals surface area contributed by atoms with Crippen molar-refractivity contribution in [2.24, 2.45) is 5.10 Å². The molecule has 1 aromatic rings. The summed E-state index contributed by atoms with van der Waals surface area (Å²) in [5, 5.41) is 4.14. The number of nitrogens with zero attached hydrogens (tertiary/aromatic N) is 1. The number of rotatable bonds is 3. The highest BCUT2D eigenvalue weighted by Crippen LogP contribution is 2.31. The van der Waals surface area contributed by atoms with Crippen LogP contribution in [0.1, 0.15) is 18.4 Å². The summed E-state index contributed by atoms with van der Waals surface area (Å²) in [5.74, 6) is 0.0566. The van der Waals surface area contributed by atoms with Gasteiger partial charge in [0.2, 0.25) is 5.78 Å². The van der Waals surface area contributed by atoms with Crippen LogP contribution in [0.25, 0.3) is 0 Å².